The van der Waals surface area contributed by atoms with Gasteiger partial charge in [-0.25, -0.2) is 9.79 Å². The van der Waals surface area contributed by atoms with Gasteiger partial charge < -0.3 is 4.74 Å². The standard InChI is InChI=1S/C10H14N2O3/c1-10(2,3)15-9(14)12-7-4-5-11-8(13)6-7/h4-5H,6H2,1-3H3,(H,12,14). The largest absolute Gasteiger partial charge is 0.444 e. The highest BCUT2D eigenvalue weighted by atomic mass is 16.6. The lowest BCUT2D eigenvalue weighted by Gasteiger charge is -2.20. The molecule has 1 N–H and O–H groups in total. The molecule has 0 saturated carbocycles. The summed E-state index contributed by atoms with van der Waals surface area (Å²) in [6.45, 7) is 5.32. The number of nitrogens with zero attached hydrogens (tertiary/aromatic N) is 1. The molecule has 0 aromatic rings. The van der Waals surface area contributed by atoms with Crippen molar-refractivity contribution in [2.24, 2.45) is 4.99 Å². The fourth-order valence-electron chi connectivity index (χ4n) is 0.998. The molecule has 0 saturated heterocycles. The van der Waals surface area contributed by atoms with Gasteiger partial charge in [0, 0.05) is 11.9 Å². The van der Waals surface area contributed by atoms with Crippen LogP contribution in [-0.2, 0) is 9.53 Å². The first-order valence-corrected chi connectivity index (χ1v) is 4.63. The Morgan fingerprint density at radius 2 is 2.20 bits per heavy atom. The molecule has 82 valence electrons. The second-order valence-electron chi connectivity index (χ2n) is 4.17. The van der Waals surface area contributed by atoms with Crippen LogP contribution in [0.3, 0.4) is 0 Å². The Balaban J connectivity index is 2.49. The van der Waals surface area contributed by atoms with E-state index in [2.05, 4.69) is 10.3 Å². The predicted molar refractivity (Wildman–Crippen MR) is 55.6 cm³/mol. The highest BCUT2D eigenvalue weighted by Crippen LogP contribution is 2.09. The monoisotopic (exact) mass is 210 g/mol. The van der Waals surface area contributed by atoms with Gasteiger partial charge in [0.1, 0.15) is 5.60 Å². The number of alkyl carbamates (subject to hydrolysis) is 1. The van der Waals surface area contributed by atoms with Gasteiger partial charge in [-0.15, -0.1) is 0 Å². The number of carbonyl (C=O) groups excluding carboxylic acids is 2. The summed E-state index contributed by atoms with van der Waals surface area (Å²) in [6.07, 6.45) is 2.48. The molecular formula is C10H14N2O3. The van der Waals surface area contributed by atoms with Crippen molar-refractivity contribution in [3.8, 4) is 0 Å². The van der Waals surface area contributed by atoms with Crippen molar-refractivity contribution >= 4 is 18.2 Å². The topological polar surface area (TPSA) is 67.8 Å². The van der Waals surface area contributed by atoms with E-state index in [9.17, 15) is 9.59 Å². The van der Waals surface area contributed by atoms with E-state index in [1.54, 1.807) is 26.8 Å². The van der Waals surface area contributed by atoms with Crippen LogP contribution >= 0.6 is 0 Å². The van der Waals surface area contributed by atoms with Crippen LogP contribution in [0.15, 0.2) is 16.8 Å². The maximum atomic E-state index is 11.3. The van der Waals surface area contributed by atoms with Gasteiger partial charge in [-0.1, -0.05) is 0 Å². The first-order chi connectivity index (χ1) is 6.87. The van der Waals surface area contributed by atoms with Crippen molar-refractivity contribution in [1.82, 2.24) is 5.32 Å². The third-order valence-corrected chi connectivity index (χ3v) is 1.50. The molecule has 0 aromatic heterocycles. The zero-order valence-electron chi connectivity index (χ0n) is 9.03. The summed E-state index contributed by atoms with van der Waals surface area (Å²) < 4.78 is 5.03. The highest BCUT2D eigenvalue weighted by molar-refractivity contribution is 5.94. The average molecular weight is 210 g/mol. The molecule has 2 amide bonds. The SMILES string of the molecule is CC(C)(C)OC(=O)NC1=CC=NC(=O)C1. The minimum absolute atomic E-state index is 0.107. The number of allylic oxidation sites excluding steroid dienone is 1. The minimum atomic E-state index is -0.558. The normalized spacial score (nSPS) is 15.9. The second kappa shape index (κ2) is 4.25. The maximum Gasteiger partial charge on any atom is 0.411 e. The fourth-order valence-corrected chi connectivity index (χ4v) is 0.998. The van der Waals surface area contributed by atoms with Gasteiger partial charge in [0.15, 0.2) is 0 Å². The molecule has 1 aliphatic rings. The number of nitrogens with one attached hydrogen (secondary N) is 1. The summed E-state index contributed by atoms with van der Waals surface area (Å²) in [5, 5.41) is 2.49. The second-order valence-corrected chi connectivity index (χ2v) is 4.17. The van der Waals surface area contributed by atoms with Crippen molar-refractivity contribution in [3.63, 3.8) is 0 Å². The van der Waals surface area contributed by atoms with E-state index in [1.165, 1.54) is 6.21 Å². The number of dihydropyridines is 1. The minimum Gasteiger partial charge on any atom is -0.444 e. The lowest BCUT2D eigenvalue weighted by atomic mass is 10.2. The van der Waals surface area contributed by atoms with Crippen LogP contribution in [0.2, 0.25) is 0 Å². The van der Waals surface area contributed by atoms with E-state index in [0.29, 0.717) is 5.70 Å². The molecule has 0 aromatic carbocycles. The number of carbonyl (C=O) groups is 2. The predicted octanol–water partition coefficient (Wildman–Crippen LogP) is 1.40. The Bertz CT molecular complexity index is 337. The van der Waals surface area contributed by atoms with Crippen LogP contribution in [0, 0.1) is 0 Å². The van der Waals surface area contributed by atoms with E-state index in [-0.39, 0.29) is 12.3 Å². The van der Waals surface area contributed by atoms with Gasteiger partial charge in [0.05, 0.1) is 6.42 Å². The van der Waals surface area contributed by atoms with E-state index in [0.717, 1.165) is 0 Å². The van der Waals surface area contributed by atoms with E-state index < -0.39 is 11.7 Å². The molecule has 5 heteroatoms. The number of hydrogen-bond donors (Lipinski definition) is 1. The van der Waals surface area contributed by atoms with Crippen LogP contribution in [0.25, 0.3) is 0 Å². The number of rotatable bonds is 1. The summed E-state index contributed by atoms with van der Waals surface area (Å²) in [6, 6.07) is 0. The average Bonchev–Trinajstić information content (AvgIpc) is 1.99. The van der Waals surface area contributed by atoms with Crippen molar-refractivity contribution in [2.75, 3.05) is 0 Å². The van der Waals surface area contributed by atoms with Gasteiger partial charge in [-0.2, -0.15) is 0 Å². The van der Waals surface area contributed by atoms with Gasteiger partial charge in [-0.05, 0) is 26.8 Å². The molecule has 1 aliphatic heterocycles. The molecule has 1 rings (SSSR count). The first-order valence-electron chi connectivity index (χ1n) is 4.63. The molecule has 0 spiro atoms. The van der Waals surface area contributed by atoms with Crippen LogP contribution in [0.1, 0.15) is 27.2 Å². The van der Waals surface area contributed by atoms with Gasteiger partial charge in [0.25, 0.3) is 5.91 Å². The van der Waals surface area contributed by atoms with Gasteiger partial charge >= 0.3 is 6.09 Å². The molecule has 0 radical (unpaired) electrons. The zero-order chi connectivity index (χ0) is 11.5. The molecule has 0 aliphatic carbocycles. The molecule has 0 bridgehead atoms. The Morgan fingerprint density at radius 1 is 1.53 bits per heavy atom. The number of aliphatic imine (C=N–C) groups is 1. The number of ether oxygens (including phenoxy) is 1. The van der Waals surface area contributed by atoms with Crippen LogP contribution in [-0.4, -0.2) is 23.8 Å². The fraction of sp³-hybridized carbons (Fsp3) is 0.500. The quantitative estimate of drug-likeness (QED) is 0.711. The third-order valence-electron chi connectivity index (χ3n) is 1.50. The Kier molecular flexibility index (Phi) is 3.24. The first kappa shape index (κ1) is 11.4. The van der Waals surface area contributed by atoms with Crippen LogP contribution in [0.4, 0.5) is 4.79 Å². The summed E-state index contributed by atoms with van der Waals surface area (Å²) in [4.78, 5) is 25.7. The van der Waals surface area contributed by atoms with Crippen molar-refractivity contribution in [2.45, 2.75) is 32.8 Å². The molecule has 0 unspecified atom stereocenters. The molecular weight excluding hydrogens is 196 g/mol. The summed E-state index contributed by atoms with van der Waals surface area (Å²) >= 11 is 0. The summed E-state index contributed by atoms with van der Waals surface area (Å²) in [7, 11) is 0. The highest BCUT2D eigenvalue weighted by Gasteiger charge is 2.18. The van der Waals surface area contributed by atoms with Gasteiger partial charge in [0.2, 0.25) is 0 Å². The molecule has 0 fully saturated rings. The molecule has 0 atom stereocenters. The van der Waals surface area contributed by atoms with Crippen molar-refractivity contribution < 1.29 is 14.3 Å². The maximum absolute atomic E-state index is 11.3. The van der Waals surface area contributed by atoms with Crippen molar-refractivity contribution in [3.05, 3.63) is 11.8 Å². The lowest BCUT2D eigenvalue weighted by Crippen LogP contribution is -2.33. The van der Waals surface area contributed by atoms with E-state index >= 15 is 0 Å². The van der Waals surface area contributed by atoms with E-state index in [4.69, 9.17) is 4.74 Å². The van der Waals surface area contributed by atoms with E-state index in [1.807, 2.05) is 0 Å². The molecule has 5 nitrogen and oxygen atoms in total. The number of amides is 2. The lowest BCUT2D eigenvalue weighted by molar-refractivity contribution is -0.117. The zero-order valence-corrected chi connectivity index (χ0v) is 9.03. The van der Waals surface area contributed by atoms with Crippen molar-refractivity contribution in [1.29, 1.82) is 0 Å². The molecule has 1 heterocycles. The Morgan fingerprint density at radius 3 is 2.73 bits per heavy atom. The smallest absolute Gasteiger partial charge is 0.411 e. The van der Waals surface area contributed by atoms with Gasteiger partial charge in [-0.3, -0.25) is 10.1 Å². The van der Waals surface area contributed by atoms with Crippen LogP contribution < -0.4 is 5.32 Å². The number of hydrogen-bond acceptors (Lipinski definition) is 3. The molecule has 15 heavy (non-hydrogen) atoms. The van der Waals surface area contributed by atoms with Crippen LogP contribution in [0.5, 0.6) is 0 Å². The Hall–Kier alpha value is -1.65. The Labute approximate surface area is 88.2 Å². The third kappa shape index (κ3) is 4.39. The summed E-state index contributed by atoms with van der Waals surface area (Å²) in [5.74, 6) is -0.274. The summed E-state index contributed by atoms with van der Waals surface area (Å²) in [5.41, 5.74) is -0.0403.